The molecule has 20 heavy (non-hydrogen) atoms. The zero-order chi connectivity index (χ0) is 14.1. The van der Waals surface area contributed by atoms with Gasteiger partial charge >= 0.3 is 0 Å². The van der Waals surface area contributed by atoms with Gasteiger partial charge in [0.25, 0.3) is 0 Å². The van der Waals surface area contributed by atoms with Gasteiger partial charge in [-0.15, -0.1) is 0 Å². The van der Waals surface area contributed by atoms with E-state index < -0.39 is 0 Å². The van der Waals surface area contributed by atoms with E-state index >= 15 is 0 Å². The Hall–Kier alpha value is -2.20. The summed E-state index contributed by atoms with van der Waals surface area (Å²) in [6.45, 7) is 4.19. The van der Waals surface area contributed by atoms with E-state index in [1.54, 1.807) is 35.8 Å². The first kappa shape index (κ1) is 12.8. The molecule has 2 aromatic carbocycles. The molecule has 0 unspecified atom stereocenters. The van der Waals surface area contributed by atoms with Gasteiger partial charge in [-0.05, 0) is 54.8 Å². The lowest BCUT2D eigenvalue weighted by Crippen LogP contribution is -1.79. The second-order valence-corrected chi connectivity index (χ2v) is 5.76. The number of aromatic nitrogens is 1. The predicted octanol–water partition coefficient (Wildman–Crippen LogP) is 4.37. The van der Waals surface area contributed by atoms with Crippen LogP contribution in [0.2, 0.25) is 0 Å². The van der Waals surface area contributed by atoms with Crippen molar-refractivity contribution in [2.45, 2.75) is 13.8 Å². The number of aromatic hydroxyl groups is 1. The monoisotopic (exact) mass is 282 g/mol. The Morgan fingerprint density at radius 2 is 1.95 bits per heavy atom. The number of fused-ring (bicyclic) bond motifs is 1. The number of nitrogens with zero attached hydrogens (tertiary/aromatic N) is 2. The Morgan fingerprint density at radius 3 is 2.75 bits per heavy atom. The van der Waals surface area contributed by atoms with E-state index in [1.165, 1.54) is 11.1 Å². The molecular formula is C16H14N2OS. The van der Waals surface area contributed by atoms with Crippen molar-refractivity contribution in [2.75, 3.05) is 0 Å². The lowest BCUT2D eigenvalue weighted by molar-refractivity contribution is 0.475. The molecule has 0 radical (unpaired) electrons. The van der Waals surface area contributed by atoms with Gasteiger partial charge in [-0.1, -0.05) is 23.5 Å². The van der Waals surface area contributed by atoms with E-state index in [0.717, 1.165) is 20.9 Å². The number of hydrogen-bond donors (Lipinski definition) is 1. The number of rotatable bonds is 2. The lowest BCUT2D eigenvalue weighted by atomic mass is 10.1. The highest BCUT2D eigenvalue weighted by molar-refractivity contribution is 7.22. The summed E-state index contributed by atoms with van der Waals surface area (Å²) in [5.74, 6) is 0.240. The van der Waals surface area contributed by atoms with E-state index in [-0.39, 0.29) is 5.75 Å². The smallest absolute Gasteiger partial charge is 0.210 e. The molecule has 0 saturated heterocycles. The summed E-state index contributed by atoms with van der Waals surface area (Å²) in [6, 6.07) is 11.2. The van der Waals surface area contributed by atoms with E-state index in [4.69, 9.17) is 0 Å². The number of benzene rings is 2. The Balaban J connectivity index is 1.95. The second kappa shape index (κ2) is 5.06. The van der Waals surface area contributed by atoms with Crippen molar-refractivity contribution in [1.29, 1.82) is 0 Å². The van der Waals surface area contributed by atoms with Crippen molar-refractivity contribution >= 4 is 32.9 Å². The summed E-state index contributed by atoms with van der Waals surface area (Å²) in [6.07, 6.45) is 1.72. The molecule has 4 heteroatoms. The number of thiazole rings is 1. The molecular weight excluding hydrogens is 268 g/mol. The average molecular weight is 282 g/mol. The molecule has 3 nitrogen and oxygen atoms in total. The first-order valence-electron chi connectivity index (χ1n) is 6.33. The van der Waals surface area contributed by atoms with Crippen molar-refractivity contribution in [3.05, 3.63) is 53.1 Å². The summed E-state index contributed by atoms with van der Waals surface area (Å²) in [4.78, 5) is 8.90. The van der Waals surface area contributed by atoms with Crippen LogP contribution in [0.25, 0.3) is 10.2 Å². The molecule has 100 valence electrons. The van der Waals surface area contributed by atoms with Gasteiger partial charge in [-0.25, -0.2) is 9.98 Å². The van der Waals surface area contributed by atoms with Gasteiger partial charge in [0.2, 0.25) is 5.13 Å². The van der Waals surface area contributed by atoms with Gasteiger partial charge in [0.15, 0.2) is 0 Å². The number of hydrogen-bond acceptors (Lipinski definition) is 4. The van der Waals surface area contributed by atoms with Gasteiger partial charge in [-0.3, -0.25) is 0 Å². The molecule has 0 amide bonds. The zero-order valence-electron chi connectivity index (χ0n) is 11.3. The molecule has 0 saturated carbocycles. The minimum absolute atomic E-state index is 0.240. The number of phenolic OH excluding ortho intramolecular Hbond substituents is 1. The molecule has 0 aliphatic heterocycles. The summed E-state index contributed by atoms with van der Waals surface area (Å²) in [5.41, 5.74) is 4.36. The first-order valence-corrected chi connectivity index (χ1v) is 7.14. The SMILES string of the molecule is Cc1cc2nc(/N=C/c3cccc(O)c3)sc2cc1C. The Bertz CT molecular complexity index is 766. The van der Waals surface area contributed by atoms with Gasteiger partial charge in [0.05, 0.1) is 10.2 Å². The zero-order valence-corrected chi connectivity index (χ0v) is 12.1. The van der Waals surface area contributed by atoms with Crippen LogP contribution in [0.1, 0.15) is 16.7 Å². The van der Waals surface area contributed by atoms with Crippen LogP contribution in [-0.4, -0.2) is 16.3 Å². The van der Waals surface area contributed by atoms with Gasteiger partial charge in [0.1, 0.15) is 5.75 Å². The molecule has 1 heterocycles. The third kappa shape index (κ3) is 2.56. The summed E-state index contributed by atoms with van der Waals surface area (Å²) < 4.78 is 1.15. The maximum Gasteiger partial charge on any atom is 0.210 e. The van der Waals surface area contributed by atoms with Crippen LogP contribution in [0.15, 0.2) is 41.4 Å². The van der Waals surface area contributed by atoms with Gasteiger partial charge < -0.3 is 5.11 Å². The van der Waals surface area contributed by atoms with Crippen molar-refractivity contribution < 1.29 is 5.11 Å². The highest BCUT2D eigenvalue weighted by Gasteiger charge is 2.04. The minimum atomic E-state index is 0.240. The normalized spacial score (nSPS) is 11.5. The van der Waals surface area contributed by atoms with Crippen molar-refractivity contribution in [3.63, 3.8) is 0 Å². The Morgan fingerprint density at radius 1 is 1.15 bits per heavy atom. The molecule has 0 atom stereocenters. The molecule has 0 aliphatic rings. The number of aliphatic imine (C=N–C) groups is 1. The fraction of sp³-hybridized carbons (Fsp3) is 0.125. The Kier molecular flexibility index (Phi) is 3.24. The average Bonchev–Trinajstić information content (AvgIpc) is 2.79. The van der Waals surface area contributed by atoms with Crippen molar-refractivity contribution in [2.24, 2.45) is 4.99 Å². The Labute approximate surface area is 121 Å². The molecule has 3 aromatic rings. The minimum Gasteiger partial charge on any atom is -0.508 e. The first-order chi connectivity index (χ1) is 9.61. The van der Waals surface area contributed by atoms with Gasteiger partial charge in [-0.2, -0.15) is 0 Å². The topological polar surface area (TPSA) is 45.5 Å². The molecule has 0 aliphatic carbocycles. The van der Waals surface area contributed by atoms with Crippen LogP contribution in [0.4, 0.5) is 5.13 Å². The summed E-state index contributed by atoms with van der Waals surface area (Å²) in [7, 11) is 0. The highest BCUT2D eigenvalue weighted by Crippen LogP contribution is 2.30. The summed E-state index contributed by atoms with van der Waals surface area (Å²) >= 11 is 1.57. The molecule has 3 rings (SSSR count). The van der Waals surface area contributed by atoms with Crippen molar-refractivity contribution in [3.8, 4) is 5.75 Å². The van der Waals surface area contributed by atoms with Crippen LogP contribution in [0.3, 0.4) is 0 Å². The third-order valence-corrected chi connectivity index (χ3v) is 4.11. The van der Waals surface area contributed by atoms with Crippen LogP contribution >= 0.6 is 11.3 Å². The molecule has 0 spiro atoms. The van der Waals surface area contributed by atoms with Crippen LogP contribution in [0.5, 0.6) is 5.75 Å². The van der Waals surface area contributed by atoms with E-state index in [1.807, 2.05) is 6.07 Å². The van der Waals surface area contributed by atoms with Gasteiger partial charge in [0, 0.05) is 6.21 Å². The number of aryl methyl sites for hydroxylation is 2. The highest BCUT2D eigenvalue weighted by atomic mass is 32.1. The standard InChI is InChI=1S/C16H14N2OS/c1-10-6-14-15(7-11(10)2)20-16(18-14)17-9-12-4-3-5-13(19)8-12/h3-9,19H,1-2H3/b17-9+. The van der Waals surface area contributed by atoms with Crippen LogP contribution in [-0.2, 0) is 0 Å². The maximum atomic E-state index is 9.41. The maximum absolute atomic E-state index is 9.41. The number of phenols is 1. The fourth-order valence-corrected chi connectivity index (χ4v) is 2.85. The van der Waals surface area contributed by atoms with Crippen LogP contribution < -0.4 is 0 Å². The fourth-order valence-electron chi connectivity index (χ4n) is 1.96. The summed E-state index contributed by atoms with van der Waals surface area (Å²) in [5, 5.41) is 10.1. The van der Waals surface area contributed by atoms with E-state index in [0.29, 0.717) is 0 Å². The van der Waals surface area contributed by atoms with Crippen molar-refractivity contribution in [1.82, 2.24) is 4.98 Å². The molecule has 1 N–H and O–H groups in total. The van der Waals surface area contributed by atoms with E-state index in [2.05, 4.69) is 36.0 Å². The lowest BCUT2D eigenvalue weighted by Gasteiger charge is -1.96. The third-order valence-electron chi connectivity index (χ3n) is 3.19. The van der Waals surface area contributed by atoms with E-state index in [9.17, 15) is 5.11 Å². The van der Waals surface area contributed by atoms with Crippen LogP contribution in [0, 0.1) is 13.8 Å². The molecule has 1 aromatic heterocycles. The molecule has 0 fully saturated rings. The largest absolute Gasteiger partial charge is 0.508 e. The predicted molar refractivity (Wildman–Crippen MR) is 84.5 cm³/mol. The quantitative estimate of drug-likeness (QED) is 0.709. The second-order valence-electron chi connectivity index (χ2n) is 4.75. The molecule has 0 bridgehead atoms.